The average molecular weight is 883 g/mol. The average Bonchev–Trinajstić information content (AvgIpc) is 3.34. The van der Waals surface area contributed by atoms with Crippen molar-refractivity contribution in [1.82, 2.24) is 0 Å². The van der Waals surface area contributed by atoms with Crippen LogP contribution in [0.3, 0.4) is 0 Å². The fourth-order valence-corrected chi connectivity index (χ4v) is 8.97. The summed E-state index contributed by atoms with van der Waals surface area (Å²) in [5, 5.41) is 12.2. The highest BCUT2D eigenvalue weighted by Gasteiger charge is 2.53. The normalized spacial score (nSPS) is 25.7. The first-order valence-corrected chi connectivity index (χ1v) is 22.6. The predicted octanol–water partition coefficient (Wildman–Crippen LogP) is 9.19. The van der Waals surface area contributed by atoms with Crippen molar-refractivity contribution >= 4 is 17.7 Å². The van der Waals surface area contributed by atoms with Gasteiger partial charge in [0.15, 0.2) is 6.29 Å². The summed E-state index contributed by atoms with van der Waals surface area (Å²) in [4.78, 5) is 14.3. The third-order valence-electron chi connectivity index (χ3n) is 11.2. The van der Waals surface area contributed by atoms with E-state index in [1.54, 1.807) is 24.3 Å². The van der Waals surface area contributed by atoms with Crippen molar-refractivity contribution < 1.29 is 47.8 Å². The number of hydrogen-bond acceptors (Lipinski definition) is 11. The molecule has 0 bridgehead atoms. The molecule has 64 heavy (non-hydrogen) atoms. The lowest BCUT2D eigenvalue weighted by molar-refractivity contribution is -0.350. The van der Waals surface area contributed by atoms with E-state index in [0.717, 1.165) is 27.1 Å². The van der Waals surface area contributed by atoms with Gasteiger partial charge in [-0.15, -0.1) is 0 Å². The third-order valence-corrected chi connectivity index (χ3v) is 12.3. The highest BCUT2D eigenvalue weighted by molar-refractivity contribution is 7.99. The molecule has 2 saturated heterocycles. The Balaban J connectivity index is 1.16. The standard InChI is InChI=1S/C53H54O10S/c1-37-46(56-32-38-20-8-2-9-21-38)48(58-34-40-24-12-4-13-25-40)50(53(61-37)64-43-30-18-7-19-31-43)63-52-49(59-35-41-26-14-5-15-27-41)47(57-33-39-22-10-3-11-23-39)45(54)44(62-52)36-60-51(55)42-28-16-6-17-29-42/h2-31,37,44-50,52-54H,32-36H2,1H3/t37-,44+,45+,46-,47-,48+,49+,50+,52+,53-/m0/s1. The summed E-state index contributed by atoms with van der Waals surface area (Å²) in [6.45, 7) is 2.61. The molecule has 2 aliphatic rings. The number of carbonyl (C=O) groups is 1. The smallest absolute Gasteiger partial charge is 0.338 e. The molecule has 0 unspecified atom stereocenters. The molecule has 6 aromatic rings. The lowest BCUT2D eigenvalue weighted by atomic mass is 9.97. The minimum Gasteiger partial charge on any atom is -0.459 e. The predicted molar refractivity (Wildman–Crippen MR) is 243 cm³/mol. The van der Waals surface area contributed by atoms with Crippen molar-refractivity contribution in [3.05, 3.63) is 210 Å². The molecular formula is C53H54O10S. The molecule has 1 N–H and O–H groups in total. The zero-order chi connectivity index (χ0) is 43.9. The van der Waals surface area contributed by atoms with Crippen LogP contribution >= 0.6 is 11.8 Å². The van der Waals surface area contributed by atoms with Crippen LogP contribution in [0.5, 0.6) is 0 Å². The number of hydrogen-bond donors (Lipinski definition) is 1. The van der Waals surface area contributed by atoms with Crippen LogP contribution in [-0.2, 0) is 64.3 Å². The van der Waals surface area contributed by atoms with E-state index < -0.39 is 66.5 Å². The molecule has 10 nitrogen and oxygen atoms in total. The zero-order valence-corrected chi connectivity index (χ0v) is 36.5. The summed E-state index contributed by atoms with van der Waals surface area (Å²) < 4.78 is 53.8. The Morgan fingerprint density at radius 1 is 0.516 bits per heavy atom. The van der Waals surface area contributed by atoms with Crippen LogP contribution in [0.1, 0.15) is 39.5 Å². The van der Waals surface area contributed by atoms with Gasteiger partial charge in [0, 0.05) is 4.90 Å². The van der Waals surface area contributed by atoms with Gasteiger partial charge in [0.1, 0.15) is 54.8 Å². The molecule has 0 radical (unpaired) electrons. The fourth-order valence-electron chi connectivity index (χ4n) is 7.81. The minimum atomic E-state index is -1.29. The van der Waals surface area contributed by atoms with Crippen molar-refractivity contribution in [2.24, 2.45) is 0 Å². The number of thioether (sulfide) groups is 1. The maximum atomic E-state index is 13.3. The van der Waals surface area contributed by atoms with Gasteiger partial charge in [0.25, 0.3) is 0 Å². The quantitative estimate of drug-likeness (QED) is 0.0787. The van der Waals surface area contributed by atoms with Crippen LogP contribution in [0.15, 0.2) is 187 Å². The Morgan fingerprint density at radius 2 is 0.938 bits per heavy atom. The van der Waals surface area contributed by atoms with E-state index in [1.807, 2.05) is 165 Å². The number of aliphatic hydroxyl groups excluding tert-OH is 1. The maximum Gasteiger partial charge on any atom is 0.338 e. The van der Waals surface area contributed by atoms with Crippen LogP contribution in [0.2, 0.25) is 0 Å². The monoisotopic (exact) mass is 882 g/mol. The van der Waals surface area contributed by atoms with Gasteiger partial charge in [0.05, 0.1) is 38.1 Å². The molecule has 0 aliphatic carbocycles. The van der Waals surface area contributed by atoms with Crippen molar-refractivity contribution in [2.45, 2.75) is 98.8 Å². The van der Waals surface area contributed by atoms with Crippen LogP contribution in [0, 0.1) is 0 Å². The fraction of sp³-hybridized carbons (Fsp3) is 0.302. The summed E-state index contributed by atoms with van der Waals surface area (Å²) in [6, 6.07) is 58.1. The molecule has 8 rings (SSSR count). The maximum absolute atomic E-state index is 13.3. The summed E-state index contributed by atoms with van der Waals surface area (Å²) in [5.41, 5.74) is 3.52. The number of aliphatic hydroxyl groups is 1. The molecule has 0 spiro atoms. The van der Waals surface area contributed by atoms with Crippen LogP contribution < -0.4 is 0 Å². The van der Waals surface area contributed by atoms with Crippen molar-refractivity contribution in [3.63, 3.8) is 0 Å². The summed E-state index contributed by atoms with van der Waals surface area (Å²) >= 11 is 1.51. The molecular weight excluding hydrogens is 829 g/mol. The second-order valence-corrected chi connectivity index (χ2v) is 17.0. The first kappa shape index (κ1) is 45.4. The molecule has 2 aliphatic heterocycles. The lowest BCUT2D eigenvalue weighted by Gasteiger charge is -2.49. The first-order valence-electron chi connectivity index (χ1n) is 21.7. The van der Waals surface area contributed by atoms with E-state index in [9.17, 15) is 9.90 Å². The van der Waals surface area contributed by atoms with Gasteiger partial charge < -0.3 is 43.0 Å². The Morgan fingerprint density at radius 3 is 1.44 bits per heavy atom. The third kappa shape index (κ3) is 12.3. The second kappa shape index (κ2) is 23.1. The minimum absolute atomic E-state index is 0.158. The molecule has 332 valence electrons. The van der Waals surface area contributed by atoms with Crippen LogP contribution in [0.4, 0.5) is 0 Å². The SMILES string of the molecule is C[C@@H]1O[C@@H](Sc2ccccc2)[C@H](O[C@H]2O[C@H](COC(=O)c3ccccc3)[C@@H](O)[C@H](OCc3ccccc3)[C@H]2OCc2ccccc2)[C@H](OCc2ccccc2)[C@H]1OCc1ccccc1. The van der Waals surface area contributed by atoms with Gasteiger partial charge in [-0.2, -0.15) is 0 Å². The highest BCUT2D eigenvalue weighted by atomic mass is 32.2. The summed E-state index contributed by atoms with van der Waals surface area (Å²) in [6.07, 6.45) is -8.09. The van der Waals surface area contributed by atoms with Gasteiger partial charge in [-0.25, -0.2) is 4.79 Å². The molecule has 0 aromatic heterocycles. The molecule has 11 heteroatoms. The Labute approximate surface area is 379 Å². The van der Waals surface area contributed by atoms with E-state index >= 15 is 0 Å². The number of rotatable bonds is 19. The van der Waals surface area contributed by atoms with Gasteiger partial charge >= 0.3 is 5.97 Å². The molecule has 2 heterocycles. The molecule has 6 aromatic carbocycles. The van der Waals surface area contributed by atoms with Gasteiger partial charge in [-0.05, 0) is 53.4 Å². The van der Waals surface area contributed by atoms with Gasteiger partial charge in [0.2, 0.25) is 0 Å². The molecule has 0 amide bonds. The Kier molecular flexibility index (Phi) is 16.4. The lowest BCUT2D eigenvalue weighted by Crippen LogP contribution is -2.65. The van der Waals surface area contributed by atoms with E-state index in [0.29, 0.717) is 12.2 Å². The van der Waals surface area contributed by atoms with E-state index in [1.165, 1.54) is 11.8 Å². The van der Waals surface area contributed by atoms with Crippen LogP contribution in [0.25, 0.3) is 0 Å². The van der Waals surface area contributed by atoms with Gasteiger partial charge in [-0.1, -0.05) is 169 Å². The second-order valence-electron chi connectivity index (χ2n) is 15.8. The van der Waals surface area contributed by atoms with Crippen LogP contribution in [-0.4, -0.2) is 78.2 Å². The number of carbonyl (C=O) groups excluding carboxylic acids is 1. The largest absolute Gasteiger partial charge is 0.459 e. The van der Waals surface area contributed by atoms with Crippen molar-refractivity contribution in [2.75, 3.05) is 6.61 Å². The zero-order valence-electron chi connectivity index (χ0n) is 35.7. The van der Waals surface area contributed by atoms with Crippen molar-refractivity contribution in [1.29, 1.82) is 0 Å². The van der Waals surface area contributed by atoms with E-state index in [-0.39, 0.29) is 26.4 Å². The molecule has 0 saturated carbocycles. The Hall–Kier alpha value is -5.18. The highest BCUT2D eigenvalue weighted by Crippen LogP contribution is 2.40. The van der Waals surface area contributed by atoms with Gasteiger partial charge in [-0.3, -0.25) is 0 Å². The van der Waals surface area contributed by atoms with E-state index in [2.05, 4.69) is 0 Å². The summed E-state index contributed by atoms with van der Waals surface area (Å²) in [7, 11) is 0. The number of esters is 1. The summed E-state index contributed by atoms with van der Waals surface area (Å²) in [5.74, 6) is -0.556. The molecule has 2 fully saturated rings. The number of ether oxygens (including phenoxy) is 8. The first-order chi connectivity index (χ1) is 31.5. The topological polar surface area (TPSA) is 111 Å². The van der Waals surface area contributed by atoms with E-state index in [4.69, 9.17) is 37.9 Å². The molecule has 10 atom stereocenters. The van der Waals surface area contributed by atoms with Crippen molar-refractivity contribution in [3.8, 4) is 0 Å². The Bertz CT molecular complexity index is 2260. The number of benzene rings is 6.